The minimum atomic E-state index is -3.35. The molecule has 0 fully saturated rings. The van der Waals surface area contributed by atoms with Gasteiger partial charge in [-0.1, -0.05) is 19.1 Å². The Bertz CT molecular complexity index is 1480. The predicted molar refractivity (Wildman–Crippen MR) is 132 cm³/mol. The van der Waals surface area contributed by atoms with Crippen LogP contribution in [0.3, 0.4) is 0 Å². The number of hydrogen-bond donors (Lipinski definition) is 3. The van der Waals surface area contributed by atoms with E-state index in [-0.39, 0.29) is 10.6 Å². The van der Waals surface area contributed by atoms with E-state index in [1.807, 2.05) is 31.2 Å². The Balaban J connectivity index is 1.79. The fourth-order valence-corrected chi connectivity index (χ4v) is 4.88. The molecular formula is C25H27N3O5S. The van der Waals surface area contributed by atoms with Crippen molar-refractivity contribution < 1.29 is 23.1 Å². The van der Waals surface area contributed by atoms with Crippen molar-refractivity contribution in [2.75, 3.05) is 12.4 Å². The molecule has 1 atom stereocenters. The lowest BCUT2D eigenvalue weighted by Gasteiger charge is -2.12. The zero-order valence-corrected chi connectivity index (χ0v) is 19.9. The minimum Gasteiger partial charge on any atom is -0.491 e. The summed E-state index contributed by atoms with van der Waals surface area (Å²) in [7, 11) is -3.35. The lowest BCUT2D eigenvalue weighted by atomic mass is 9.99. The number of nitrogens with two attached hydrogens (primary N) is 1. The Morgan fingerprint density at radius 1 is 1.24 bits per heavy atom. The van der Waals surface area contributed by atoms with Crippen LogP contribution in [0.5, 0.6) is 5.75 Å². The number of rotatable bonds is 9. The molecule has 0 aliphatic rings. The van der Waals surface area contributed by atoms with Gasteiger partial charge in [-0.25, -0.2) is 13.4 Å². The van der Waals surface area contributed by atoms with E-state index in [1.165, 1.54) is 0 Å². The van der Waals surface area contributed by atoms with Crippen LogP contribution in [0.2, 0.25) is 0 Å². The number of benzene rings is 2. The Morgan fingerprint density at radius 2 is 2.03 bits per heavy atom. The Kier molecular flexibility index (Phi) is 6.58. The molecule has 2 aromatic carbocycles. The third-order valence-corrected chi connectivity index (χ3v) is 7.55. The number of aromatic amines is 1. The molecule has 4 rings (SSSR count). The number of sulfone groups is 1. The van der Waals surface area contributed by atoms with Gasteiger partial charge in [0.25, 0.3) is 0 Å². The Morgan fingerprint density at radius 3 is 2.76 bits per heavy atom. The molecule has 0 radical (unpaired) electrons. The van der Waals surface area contributed by atoms with Crippen LogP contribution in [0.15, 0.2) is 53.6 Å². The minimum absolute atomic E-state index is 0.0282. The SMILES string of the molecule is CCS(=O)(=O)c1cccc(-c2ccc(OCCC[C@H](N)C(=O)O)c3[nH]c4ncc(C)cc4c23)c1. The quantitative estimate of drug-likeness (QED) is 0.307. The van der Waals surface area contributed by atoms with Gasteiger partial charge in [-0.3, -0.25) is 4.79 Å². The van der Waals surface area contributed by atoms with Gasteiger partial charge in [-0.05, 0) is 66.8 Å². The molecular weight excluding hydrogens is 454 g/mol. The largest absolute Gasteiger partial charge is 0.491 e. The lowest BCUT2D eigenvalue weighted by molar-refractivity contribution is -0.138. The topological polar surface area (TPSA) is 135 Å². The highest BCUT2D eigenvalue weighted by Gasteiger charge is 2.18. The second-order valence-corrected chi connectivity index (χ2v) is 10.5. The number of pyridine rings is 1. The molecule has 8 nitrogen and oxygen atoms in total. The van der Waals surface area contributed by atoms with Gasteiger partial charge in [0, 0.05) is 17.0 Å². The summed E-state index contributed by atoms with van der Waals surface area (Å²) in [4.78, 5) is 19.1. The number of carboxylic acids is 1. The molecule has 4 aromatic rings. The van der Waals surface area contributed by atoms with Crippen molar-refractivity contribution in [3.8, 4) is 16.9 Å². The van der Waals surface area contributed by atoms with Crippen LogP contribution >= 0.6 is 0 Å². The smallest absolute Gasteiger partial charge is 0.320 e. The number of ether oxygens (including phenoxy) is 1. The maximum atomic E-state index is 12.5. The van der Waals surface area contributed by atoms with E-state index in [0.717, 1.165) is 33.0 Å². The molecule has 0 amide bonds. The van der Waals surface area contributed by atoms with Crippen molar-refractivity contribution in [1.82, 2.24) is 9.97 Å². The number of hydrogen-bond acceptors (Lipinski definition) is 6. The average Bonchev–Trinajstić information content (AvgIpc) is 3.20. The molecule has 0 saturated heterocycles. The van der Waals surface area contributed by atoms with Crippen LogP contribution < -0.4 is 10.5 Å². The standard InChI is InChI=1S/C25H27N3O5S/c1-3-34(31,32)17-7-4-6-16(13-17)18-9-10-21(33-11-5-8-20(26)25(29)30)23-22(18)19-12-15(2)14-27-24(19)28-23/h4,6-7,9-10,12-14,20H,3,5,8,11,26H2,1-2H3,(H,27,28)(H,29,30)/t20-/m0/s1. The van der Waals surface area contributed by atoms with E-state index in [2.05, 4.69) is 9.97 Å². The van der Waals surface area contributed by atoms with E-state index in [4.69, 9.17) is 15.6 Å². The number of carboxylic acid groups (broad SMARTS) is 1. The first-order chi connectivity index (χ1) is 16.2. The molecule has 0 saturated carbocycles. The third-order valence-electron chi connectivity index (χ3n) is 5.82. The highest BCUT2D eigenvalue weighted by atomic mass is 32.2. The van der Waals surface area contributed by atoms with E-state index in [0.29, 0.717) is 30.8 Å². The van der Waals surface area contributed by atoms with E-state index in [1.54, 1.807) is 31.3 Å². The first-order valence-electron chi connectivity index (χ1n) is 11.1. The van der Waals surface area contributed by atoms with E-state index < -0.39 is 21.8 Å². The molecule has 0 spiro atoms. The fraction of sp³-hybridized carbons (Fsp3) is 0.280. The van der Waals surface area contributed by atoms with Gasteiger partial charge in [0.2, 0.25) is 0 Å². The lowest BCUT2D eigenvalue weighted by Crippen LogP contribution is -2.30. The number of aromatic nitrogens is 2. The number of aryl methyl sites for hydroxylation is 1. The summed E-state index contributed by atoms with van der Waals surface area (Å²) in [5.74, 6) is -0.396. The van der Waals surface area contributed by atoms with Crippen molar-refractivity contribution in [3.05, 3.63) is 54.2 Å². The van der Waals surface area contributed by atoms with Crippen molar-refractivity contribution in [3.63, 3.8) is 0 Å². The first-order valence-corrected chi connectivity index (χ1v) is 12.7. The van der Waals surface area contributed by atoms with Gasteiger partial charge in [-0.2, -0.15) is 0 Å². The van der Waals surface area contributed by atoms with E-state index >= 15 is 0 Å². The molecule has 0 aliphatic heterocycles. The monoisotopic (exact) mass is 481 g/mol. The molecule has 0 bridgehead atoms. The number of carbonyl (C=O) groups is 1. The number of fused-ring (bicyclic) bond motifs is 3. The number of nitrogens with zero attached hydrogens (tertiary/aromatic N) is 1. The van der Waals surface area contributed by atoms with Crippen molar-refractivity contribution in [2.45, 2.75) is 37.6 Å². The summed E-state index contributed by atoms with van der Waals surface area (Å²) in [5.41, 5.74) is 9.66. The van der Waals surface area contributed by atoms with Crippen LogP contribution in [-0.4, -0.2) is 47.9 Å². The van der Waals surface area contributed by atoms with Crippen molar-refractivity contribution >= 4 is 37.7 Å². The Hall–Kier alpha value is -3.43. The first kappa shape index (κ1) is 23.7. The second kappa shape index (κ2) is 9.44. The van der Waals surface area contributed by atoms with Gasteiger partial charge in [0.15, 0.2) is 9.84 Å². The maximum absolute atomic E-state index is 12.5. The number of nitrogens with one attached hydrogen (secondary N) is 1. The fourth-order valence-electron chi connectivity index (χ4n) is 3.96. The van der Waals surface area contributed by atoms with Gasteiger partial charge in [0.1, 0.15) is 17.4 Å². The van der Waals surface area contributed by atoms with Crippen molar-refractivity contribution in [1.29, 1.82) is 0 Å². The van der Waals surface area contributed by atoms with Crippen LogP contribution in [0, 0.1) is 6.92 Å². The van der Waals surface area contributed by atoms with Gasteiger partial charge >= 0.3 is 5.97 Å². The van der Waals surface area contributed by atoms with E-state index in [9.17, 15) is 13.2 Å². The summed E-state index contributed by atoms with van der Waals surface area (Å²) in [6.45, 7) is 3.90. The average molecular weight is 482 g/mol. The highest BCUT2D eigenvalue weighted by Crippen LogP contribution is 2.39. The predicted octanol–water partition coefficient (Wildman–Crippen LogP) is 4.06. The van der Waals surface area contributed by atoms with Crippen LogP contribution in [-0.2, 0) is 14.6 Å². The van der Waals surface area contributed by atoms with Crippen LogP contribution in [0.25, 0.3) is 33.1 Å². The molecule has 9 heteroatoms. The molecule has 2 heterocycles. The molecule has 0 unspecified atom stereocenters. The summed E-state index contributed by atoms with van der Waals surface area (Å²) < 4.78 is 30.9. The summed E-state index contributed by atoms with van der Waals surface area (Å²) in [6, 6.07) is 11.8. The van der Waals surface area contributed by atoms with Gasteiger partial charge in [-0.15, -0.1) is 0 Å². The molecule has 178 valence electrons. The molecule has 2 aromatic heterocycles. The zero-order valence-electron chi connectivity index (χ0n) is 19.0. The maximum Gasteiger partial charge on any atom is 0.320 e. The highest BCUT2D eigenvalue weighted by molar-refractivity contribution is 7.91. The van der Waals surface area contributed by atoms with Gasteiger partial charge in [0.05, 0.1) is 22.8 Å². The third kappa shape index (κ3) is 4.62. The van der Waals surface area contributed by atoms with Crippen LogP contribution in [0.4, 0.5) is 0 Å². The number of H-pyrrole nitrogens is 1. The second-order valence-electron chi connectivity index (χ2n) is 8.26. The molecule has 34 heavy (non-hydrogen) atoms. The summed E-state index contributed by atoms with van der Waals surface area (Å²) >= 11 is 0. The van der Waals surface area contributed by atoms with Gasteiger partial charge < -0.3 is 20.6 Å². The molecule has 4 N–H and O–H groups in total. The van der Waals surface area contributed by atoms with Crippen LogP contribution in [0.1, 0.15) is 25.3 Å². The number of aliphatic carboxylic acids is 1. The summed E-state index contributed by atoms with van der Waals surface area (Å²) in [6.07, 6.45) is 2.58. The summed E-state index contributed by atoms with van der Waals surface area (Å²) in [5, 5.41) is 10.7. The Labute approximate surface area is 197 Å². The molecule has 0 aliphatic carbocycles. The van der Waals surface area contributed by atoms with Crippen molar-refractivity contribution in [2.24, 2.45) is 5.73 Å². The normalized spacial score (nSPS) is 12.8. The zero-order chi connectivity index (χ0) is 24.5.